The lowest BCUT2D eigenvalue weighted by atomic mass is 10.0. The number of aryl methyl sites for hydroxylation is 1. The van der Waals surface area contributed by atoms with Gasteiger partial charge in [0.25, 0.3) is 0 Å². The van der Waals surface area contributed by atoms with Crippen molar-refractivity contribution in [2.24, 2.45) is 0 Å². The van der Waals surface area contributed by atoms with Gasteiger partial charge in [0.2, 0.25) is 0 Å². The molecule has 2 aromatic rings. The molecule has 1 aromatic heterocycles. The summed E-state index contributed by atoms with van der Waals surface area (Å²) in [5.74, 6) is 1.67. The Morgan fingerprint density at radius 2 is 1.95 bits per heavy atom. The summed E-state index contributed by atoms with van der Waals surface area (Å²) >= 11 is 5.38. The molecule has 106 valence electrons. The van der Waals surface area contributed by atoms with E-state index in [1.54, 1.807) is 11.3 Å². The molecule has 0 saturated carbocycles. The van der Waals surface area contributed by atoms with E-state index in [0.717, 1.165) is 16.0 Å². The molecule has 0 bridgehead atoms. The van der Waals surface area contributed by atoms with E-state index in [1.165, 1.54) is 15.3 Å². The molecule has 2 heterocycles. The number of hydrogen-bond donors (Lipinski definition) is 1. The number of benzene rings is 1. The van der Waals surface area contributed by atoms with Crippen LogP contribution in [0.5, 0.6) is 11.5 Å². The lowest BCUT2D eigenvalue weighted by Crippen LogP contribution is -2.18. The second-order valence-corrected chi connectivity index (χ2v) is 6.82. The summed E-state index contributed by atoms with van der Waals surface area (Å²) in [5, 5.41) is 3.38. The van der Waals surface area contributed by atoms with Crippen LogP contribution < -0.4 is 14.8 Å². The third-order valence-electron chi connectivity index (χ3n) is 3.35. The van der Waals surface area contributed by atoms with Gasteiger partial charge >= 0.3 is 0 Å². The van der Waals surface area contributed by atoms with E-state index in [0.29, 0.717) is 13.2 Å². The number of rotatable bonds is 3. The van der Waals surface area contributed by atoms with Crippen molar-refractivity contribution in [2.75, 3.05) is 20.3 Å². The Balaban J connectivity index is 1.96. The summed E-state index contributed by atoms with van der Waals surface area (Å²) in [6, 6.07) is 8.50. The van der Waals surface area contributed by atoms with Crippen molar-refractivity contribution in [1.82, 2.24) is 5.32 Å². The van der Waals surface area contributed by atoms with E-state index < -0.39 is 0 Å². The van der Waals surface area contributed by atoms with Gasteiger partial charge in [-0.15, -0.1) is 11.3 Å². The van der Waals surface area contributed by atoms with Crippen LogP contribution in [0.15, 0.2) is 28.7 Å². The smallest absolute Gasteiger partial charge is 0.161 e. The minimum atomic E-state index is 0.167. The first-order valence-corrected chi connectivity index (χ1v) is 8.12. The molecular formula is C15H16BrNO2S. The van der Waals surface area contributed by atoms with Gasteiger partial charge in [0, 0.05) is 14.2 Å². The first kappa shape index (κ1) is 13.9. The standard InChI is InChI=1S/C15H16BrNO2S/c1-9-11(16)8-14(20-9)15(17-2)10-3-4-12-13(7-10)19-6-5-18-12/h3-4,7-8,15,17H,5-6H2,1-2H3. The Bertz CT molecular complexity index is 607. The summed E-state index contributed by atoms with van der Waals surface area (Å²) in [6.07, 6.45) is 0. The summed E-state index contributed by atoms with van der Waals surface area (Å²) in [7, 11) is 1.98. The zero-order valence-electron chi connectivity index (χ0n) is 11.4. The summed E-state index contributed by atoms with van der Waals surface area (Å²) in [4.78, 5) is 2.58. The van der Waals surface area contributed by atoms with Gasteiger partial charge in [-0.1, -0.05) is 6.07 Å². The zero-order valence-corrected chi connectivity index (χ0v) is 13.8. The van der Waals surface area contributed by atoms with Crippen LogP contribution in [0, 0.1) is 6.92 Å². The average molecular weight is 354 g/mol. The SMILES string of the molecule is CNC(c1ccc2c(c1)OCCO2)c1cc(Br)c(C)s1. The highest BCUT2D eigenvalue weighted by atomic mass is 79.9. The van der Waals surface area contributed by atoms with E-state index >= 15 is 0 Å². The third-order valence-corrected chi connectivity index (χ3v) is 5.55. The normalized spacial score (nSPS) is 15.2. The quantitative estimate of drug-likeness (QED) is 0.907. The molecule has 3 nitrogen and oxygen atoms in total. The van der Waals surface area contributed by atoms with Crippen LogP contribution in [0.2, 0.25) is 0 Å². The topological polar surface area (TPSA) is 30.5 Å². The first-order valence-electron chi connectivity index (χ1n) is 6.51. The van der Waals surface area contributed by atoms with Crippen molar-refractivity contribution < 1.29 is 9.47 Å². The molecule has 1 atom stereocenters. The highest BCUT2D eigenvalue weighted by Gasteiger charge is 2.19. The molecule has 0 fully saturated rings. The summed E-state index contributed by atoms with van der Waals surface area (Å²) in [6.45, 7) is 3.36. The van der Waals surface area contributed by atoms with Crippen LogP contribution in [-0.4, -0.2) is 20.3 Å². The minimum Gasteiger partial charge on any atom is -0.486 e. The maximum atomic E-state index is 5.66. The van der Waals surface area contributed by atoms with Crippen LogP contribution in [-0.2, 0) is 0 Å². The molecule has 1 aliphatic rings. The fourth-order valence-electron chi connectivity index (χ4n) is 2.34. The number of fused-ring (bicyclic) bond motifs is 1. The van der Waals surface area contributed by atoms with Crippen LogP contribution in [0.3, 0.4) is 0 Å². The lowest BCUT2D eigenvalue weighted by Gasteiger charge is -2.21. The highest BCUT2D eigenvalue weighted by molar-refractivity contribution is 9.10. The Morgan fingerprint density at radius 3 is 2.60 bits per heavy atom. The fourth-order valence-corrected chi connectivity index (χ4v) is 4.04. The molecule has 0 aliphatic carbocycles. The predicted octanol–water partition coefficient (Wildman–Crippen LogP) is 3.90. The van der Waals surface area contributed by atoms with E-state index in [2.05, 4.69) is 46.4 Å². The maximum Gasteiger partial charge on any atom is 0.161 e. The Labute approximate surface area is 131 Å². The van der Waals surface area contributed by atoms with Crippen LogP contribution in [0.4, 0.5) is 0 Å². The number of nitrogens with one attached hydrogen (secondary N) is 1. The van der Waals surface area contributed by atoms with Crippen molar-refractivity contribution in [3.8, 4) is 11.5 Å². The number of ether oxygens (including phenoxy) is 2. The van der Waals surface area contributed by atoms with Crippen molar-refractivity contribution in [3.05, 3.63) is 44.1 Å². The van der Waals surface area contributed by atoms with Crippen molar-refractivity contribution in [1.29, 1.82) is 0 Å². The monoisotopic (exact) mass is 353 g/mol. The largest absolute Gasteiger partial charge is 0.486 e. The second kappa shape index (κ2) is 5.76. The molecular weight excluding hydrogens is 338 g/mol. The molecule has 1 aliphatic heterocycles. The average Bonchev–Trinajstić information content (AvgIpc) is 2.79. The van der Waals surface area contributed by atoms with Crippen molar-refractivity contribution >= 4 is 27.3 Å². The van der Waals surface area contributed by atoms with Gasteiger partial charge in [0.05, 0.1) is 6.04 Å². The molecule has 3 rings (SSSR count). The highest BCUT2D eigenvalue weighted by Crippen LogP contribution is 2.37. The third kappa shape index (κ3) is 2.57. The van der Waals surface area contributed by atoms with Gasteiger partial charge in [-0.25, -0.2) is 0 Å². The molecule has 0 saturated heterocycles. The van der Waals surface area contributed by atoms with Crippen molar-refractivity contribution in [2.45, 2.75) is 13.0 Å². The molecule has 1 N–H and O–H groups in total. The van der Waals surface area contributed by atoms with Gasteiger partial charge in [0.1, 0.15) is 13.2 Å². The summed E-state index contributed by atoms with van der Waals surface area (Å²) in [5.41, 5.74) is 1.19. The van der Waals surface area contributed by atoms with Gasteiger partial charge in [-0.3, -0.25) is 0 Å². The molecule has 1 aromatic carbocycles. The molecule has 1 unspecified atom stereocenters. The second-order valence-electron chi connectivity index (χ2n) is 4.68. The number of thiophene rings is 1. The summed E-state index contributed by atoms with van der Waals surface area (Å²) < 4.78 is 12.4. The Morgan fingerprint density at radius 1 is 1.20 bits per heavy atom. The molecule has 20 heavy (non-hydrogen) atoms. The number of halogens is 1. The zero-order chi connectivity index (χ0) is 14.1. The van der Waals surface area contributed by atoms with Crippen molar-refractivity contribution in [3.63, 3.8) is 0 Å². The van der Waals surface area contributed by atoms with Gasteiger partial charge < -0.3 is 14.8 Å². The first-order chi connectivity index (χ1) is 9.69. The van der Waals surface area contributed by atoms with Crippen LogP contribution in [0.25, 0.3) is 0 Å². The Hall–Kier alpha value is -1.04. The molecule has 0 amide bonds. The molecule has 5 heteroatoms. The van der Waals surface area contributed by atoms with E-state index in [4.69, 9.17) is 9.47 Å². The minimum absolute atomic E-state index is 0.167. The van der Waals surface area contributed by atoms with Gasteiger partial charge in [-0.05, 0) is 53.7 Å². The Kier molecular flexibility index (Phi) is 4.01. The van der Waals surface area contributed by atoms with Crippen LogP contribution in [0.1, 0.15) is 21.4 Å². The molecule has 0 spiro atoms. The van der Waals surface area contributed by atoms with Crippen LogP contribution >= 0.6 is 27.3 Å². The number of hydrogen-bond acceptors (Lipinski definition) is 4. The van der Waals surface area contributed by atoms with E-state index in [-0.39, 0.29) is 6.04 Å². The van der Waals surface area contributed by atoms with Gasteiger partial charge in [-0.2, -0.15) is 0 Å². The fraction of sp³-hybridized carbons (Fsp3) is 0.333. The maximum absolute atomic E-state index is 5.66. The lowest BCUT2D eigenvalue weighted by molar-refractivity contribution is 0.171. The van der Waals surface area contributed by atoms with E-state index in [9.17, 15) is 0 Å². The van der Waals surface area contributed by atoms with E-state index in [1.807, 2.05) is 13.1 Å². The van der Waals surface area contributed by atoms with Gasteiger partial charge in [0.15, 0.2) is 11.5 Å². The predicted molar refractivity (Wildman–Crippen MR) is 85.1 cm³/mol. The molecule has 0 radical (unpaired) electrons.